The van der Waals surface area contributed by atoms with Crippen molar-refractivity contribution < 1.29 is 23.7 Å². The molecule has 0 saturated heterocycles. The van der Waals surface area contributed by atoms with Gasteiger partial charge >= 0.3 is 0 Å². The van der Waals surface area contributed by atoms with E-state index in [0.717, 1.165) is 57.8 Å². The first-order valence-electron chi connectivity index (χ1n) is 15.4. The lowest BCUT2D eigenvalue weighted by molar-refractivity contribution is -0.0550. The number of rotatable bonds is 10. The third-order valence-electron chi connectivity index (χ3n) is 11.6. The van der Waals surface area contributed by atoms with Gasteiger partial charge in [-0.1, -0.05) is 63.8 Å². The summed E-state index contributed by atoms with van der Waals surface area (Å²) in [5.41, 5.74) is 1.81. The molecule has 0 amide bonds. The van der Waals surface area contributed by atoms with Crippen LogP contribution in [-0.4, -0.2) is 52.5 Å². The van der Waals surface area contributed by atoms with E-state index in [4.69, 9.17) is 0 Å². The predicted molar refractivity (Wildman–Crippen MR) is 154 cm³/mol. The fourth-order valence-electron chi connectivity index (χ4n) is 9.05. The van der Waals surface area contributed by atoms with E-state index in [2.05, 4.69) is 39.8 Å². The molecule has 2 unspecified atom stereocenters. The average Bonchev–Trinajstić information content (AvgIpc) is 3.19. The molecule has 3 N–H and O–H groups in total. The number of hydrogen-bond acceptors (Lipinski definition) is 5. The van der Waals surface area contributed by atoms with Crippen LogP contribution >= 0.6 is 0 Å². The van der Waals surface area contributed by atoms with Gasteiger partial charge in [-0.05, 0) is 106 Å². The Balaban J connectivity index is 1.62. The summed E-state index contributed by atoms with van der Waals surface area (Å²) in [5, 5.41) is 31.0. The zero-order valence-corrected chi connectivity index (χ0v) is 25.6. The second kappa shape index (κ2) is 10.9. The fourth-order valence-corrected chi connectivity index (χ4v) is 11.3. The Hall–Kier alpha value is -0.690. The van der Waals surface area contributed by atoms with Crippen molar-refractivity contribution in [1.29, 1.82) is 0 Å². The van der Waals surface area contributed by atoms with Crippen LogP contribution in [0.1, 0.15) is 112 Å². The number of allylic oxidation sites excluding steroid dienone is 3. The van der Waals surface area contributed by atoms with Crippen LogP contribution in [0.2, 0.25) is 0 Å². The molecule has 0 aromatic rings. The maximum Gasteiger partial charge on any atom is 0.153 e. The first kappa shape index (κ1) is 30.3. The minimum absolute atomic E-state index is 0.0362. The Labute approximate surface area is 232 Å². The summed E-state index contributed by atoms with van der Waals surface area (Å²) in [6, 6.07) is 0. The van der Waals surface area contributed by atoms with Crippen LogP contribution in [0.25, 0.3) is 0 Å². The van der Waals surface area contributed by atoms with Crippen molar-refractivity contribution in [3.05, 3.63) is 23.3 Å². The van der Waals surface area contributed by atoms with Gasteiger partial charge in [0.1, 0.15) is 0 Å². The number of fused-ring (bicyclic) bond motifs is 5. The maximum absolute atomic E-state index is 13.8. The van der Waals surface area contributed by atoms with Crippen molar-refractivity contribution in [2.45, 2.75) is 135 Å². The molecule has 0 heterocycles. The number of aliphatic hydroxyl groups excluding tert-OH is 2. The van der Waals surface area contributed by atoms with E-state index < -0.39 is 26.8 Å². The smallest absolute Gasteiger partial charge is 0.153 e. The van der Waals surface area contributed by atoms with E-state index in [0.29, 0.717) is 18.3 Å². The molecule has 0 aromatic heterocycles. The molecule has 0 bridgehead atoms. The molecule has 4 rings (SSSR count). The topological polar surface area (TPSA) is 94.8 Å². The molecule has 3 saturated carbocycles. The average molecular weight is 551 g/mol. The molecule has 4 aliphatic rings. The Bertz CT molecular complexity index is 1020. The Morgan fingerprint density at radius 1 is 1.05 bits per heavy atom. The Morgan fingerprint density at radius 3 is 2.42 bits per heavy atom. The summed E-state index contributed by atoms with van der Waals surface area (Å²) in [4.78, 5) is 0. The van der Waals surface area contributed by atoms with Crippen molar-refractivity contribution in [2.75, 3.05) is 5.75 Å². The van der Waals surface area contributed by atoms with Gasteiger partial charge in [-0.3, -0.25) is 0 Å². The van der Waals surface area contributed by atoms with Crippen molar-refractivity contribution in [3.8, 4) is 0 Å². The second-order valence-corrected chi connectivity index (χ2v) is 16.7. The first-order valence-corrected chi connectivity index (χ1v) is 17.1. The molecule has 0 aromatic carbocycles. The highest BCUT2D eigenvalue weighted by atomic mass is 32.2. The van der Waals surface area contributed by atoms with Crippen LogP contribution in [0.3, 0.4) is 0 Å². The fraction of sp³-hybridized carbons (Fsp3) is 0.875. The van der Waals surface area contributed by atoms with Crippen molar-refractivity contribution in [3.63, 3.8) is 0 Å². The SMILES string of the molecule is CCCCCS(=O)(=O)C(CC(O)C(C)(C)O)[C@@H](C)[C@H]1CC[C@H]2C3=CC=C4C[C@@H](O)CC[C@]4(C)[C@H]3CC[C@]12C. The van der Waals surface area contributed by atoms with E-state index in [9.17, 15) is 23.7 Å². The van der Waals surface area contributed by atoms with Crippen LogP contribution in [0.5, 0.6) is 0 Å². The molecular weight excluding hydrogens is 496 g/mol. The Morgan fingerprint density at radius 2 is 1.76 bits per heavy atom. The largest absolute Gasteiger partial charge is 0.393 e. The van der Waals surface area contributed by atoms with Gasteiger partial charge in [0.25, 0.3) is 0 Å². The van der Waals surface area contributed by atoms with E-state index in [1.807, 2.05) is 0 Å². The van der Waals surface area contributed by atoms with E-state index in [1.165, 1.54) is 5.57 Å². The minimum Gasteiger partial charge on any atom is -0.393 e. The predicted octanol–water partition coefficient (Wildman–Crippen LogP) is 5.98. The molecule has 218 valence electrons. The molecule has 0 aliphatic heterocycles. The van der Waals surface area contributed by atoms with Gasteiger partial charge in [0.15, 0.2) is 9.84 Å². The van der Waals surface area contributed by atoms with Gasteiger partial charge in [0, 0.05) is 0 Å². The van der Waals surface area contributed by atoms with Crippen LogP contribution in [0.4, 0.5) is 0 Å². The van der Waals surface area contributed by atoms with E-state index in [-0.39, 0.29) is 40.9 Å². The third-order valence-corrected chi connectivity index (χ3v) is 14.0. The van der Waals surface area contributed by atoms with E-state index in [1.54, 1.807) is 19.4 Å². The standard InChI is InChI=1S/C32H54O5S/c1-7-8-9-18-38(36,37)28(20-29(34)30(3,4)35)21(2)25-12-13-26-24-11-10-22-19-23(33)14-16-31(22,5)27(24)15-17-32(25,26)6/h10-11,21,23,25-29,33-35H,7-9,12-20H2,1-6H3/t21-,23-,25+,26-,27-,28?,29?,31-,32+/m0/s1. The van der Waals surface area contributed by atoms with E-state index >= 15 is 0 Å². The quantitative estimate of drug-likeness (QED) is 0.291. The molecule has 4 aliphatic carbocycles. The third kappa shape index (κ3) is 5.45. The summed E-state index contributed by atoms with van der Waals surface area (Å²) in [6.07, 6.45) is 13.0. The van der Waals surface area contributed by atoms with Crippen molar-refractivity contribution in [2.24, 2.45) is 34.5 Å². The maximum atomic E-state index is 13.8. The molecule has 5 nitrogen and oxygen atoms in total. The molecule has 0 radical (unpaired) electrons. The summed E-state index contributed by atoms with van der Waals surface area (Å²) in [5.74, 6) is 1.32. The van der Waals surface area contributed by atoms with Gasteiger partial charge in [-0.15, -0.1) is 0 Å². The minimum atomic E-state index is -3.42. The number of hydrogen-bond donors (Lipinski definition) is 3. The molecule has 3 fully saturated rings. The van der Waals surface area contributed by atoms with Crippen molar-refractivity contribution in [1.82, 2.24) is 0 Å². The summed E-state index contributed by atoms with van der Waals surface area (Å²) in [7, 11) is -3.42. The lowest BCUT2D eigenvalue weighted by Gasteiger charge is -2.55. The number of unbranched alkanes of at least 4 members (excludes halogenated alkanes) is 2. The van der Waals surface area contributed by atoms with Crippen LogP contribution in [0.15, 0.2) is 23.3 Å². The molecule has 6 heteroatoms. The Kier molecular flexibility index (Phi) is 8.72. The zero-order valence-electron chi connectivity index (χ0n) is 24.7. The summed E-state index contributed by atoms with van der Waals surface area (Å²) in [6.45, 7) is 12.1. The molecular formula is C32H54O5S. The monoisotopic (exact) mass is 550 g/mol. The molecule has 0 spiro atoms. The first-order chi connectivity index (χ1) is 17.6. The van der Waals surface area contributed by atoms with Gasteiger partial charge in [0.2, 0.25) is 0 Å². The highest BCUT2D eigenvalue weighted by molar-refractivity contribution is 7.92. The van der Waals surface area contributed by atoms with Crippen molar-refractivity contribution >= 4 is 9.84 Å². The number of sulfone groups is 1. The van der Waals surface area contributed by atoms with Gasteiger partial charge in [-0.2, -0.15) is 0 Å². The van der Waals surface area contributed by atoms with Gasteiger partial charge in [-0.25, -0.2) is 8.42 Å². The lowest BCUT2D eigenvalue weighted by Crippen LogP contribution is -2.49. The second-order valence-electron chi connectivity index (χ2n) is 14.4. The normalized spacial score (nSPS) is 37.8. The molecule has 9 atom stereocenters. The highest BCUT2D eigenvalue weighted by Crippen LogP contribution is 2.66. The number of aliphatic hydroxyl groups is 3. The highest BCUT2D eigenvalue weighted by Gasteiger charge is 2.58. The lowest BCUT2D eigenvalue weighted by atomic mass is 9.50. The summed E-state index contributed by atoms with van der Waals surface area (Å²) >= 11 is 0. The van der Waals surface area contributed by atoms with Gasteiger partial charge < -0.3 is 15.3 Å². The van der Waals surface area contributed by atoms with Crippen LogP contribution in [-0.2, 0) is 9.84 Å². The zero-order chi connectivity index (χ0) is 28.1. The summed E-state index contributed by atoms with van der Waals surface area (Å²) < 4.78 is 27.5. The molecule has 38 heavy (non-hydrogen) atoms. The van der Waals surface area contributed by atoms with Gasteiger partial charge in [0.05, 0.1) is 28.8 Å². The van der Waals surface area contributed by atoms with Crippen LogP contribution < -0.4 is 0 Å². The van der Waals surface area contributed by atoms with Crippen LogP contribution in [0, 0.1) is 34.5 Å².